The van der Waals surface area contributed by atoms with E-state index in [9.17, 15) is 9.59 Å². The van der Waals surface area contributed by atoms with E-state index in [0.717, 1.165) is 9.87 Å². The molecular formula is C17H18ClN3O3S. The number of aliphatic hydroxyl groups is 1. The summed E-state index contributed by atoms with van der Waals surface area (Å²) in [5, 5.41) is 14.8. The first-order chi connectivity index (χ1) is 11.9. The number of thiol groups is 1. The van der Waals surface area contributed by atoms with Crippen molar-refractivity contribution in [1.82, 2.24) is 0 Å². The van der Waals surface area contributed by atoms with Gasteiger partial charge < -0.3 is 15.7 Å². The van der Waals surface area contributed by atoms with E-state index in [1.54, 1.807) is 42.5 Å². The van der Waals surface area contributed by atoms with Gasteiger partial charge in [0.15, 0.2) is 0 Å². The van der Waals surface area contributed by atoms with E-state index in [1.165, 1.54) is 6.92 Å². The van der Waals surface area contributed by atoms with Gasteiger partial charge >= 0.3 is 6.03 Å². The average molecular weight is 380 g/mol. The maximum atomic E-state index is 12.3. The highest BCUT2D eigenvalue weighted by atomic mass is 35.5. The molecule has 3 N–H and O–H groups in total. The second-order valence-electron chi connectivity index (χ2n) is 5.25. The van der Waals surface area contributed by atoms with Gasteiger partial charge in [0, 0.05) is 29.9 Å². The molecule has 0 fully saturated rings. The lowest BCUT2D eigenvalue weighted by Crippen LogP contribution is -2.26. The highest BCUT2D eigenvalue weighted by Crippen LogP contribution is 2.24. The van der Waals surface area contributed by atoms with Gasteiger partial charge in [0.1, 0.15) is 0 Å². The van der Waals surface area contributed by atoms with Gasteiger partial charge in [0.05, 0.1) is 5.69 Å². The van der Waals surface area contributed by atoms with Gasteiger partial charge in [-0.05, 0) is 48.4 Å². The summed E-state index contributed by atoms with van der Waals surface area (Å²) in [5.74, 6) is -0.172. The van der Waals surface area contributed by atoms with Crippen LogP contribution in [0, 0.1) is 0 Å². The molecule has 25 heavy (non-hydrogen) atoms. The monoisotopic (exact) mass is 379 g/mol. The molecule has 132 valence electrons. The third-order valence-corrected chi connectivity index (χ3v) is 4.07. The molecule has 2 aromatic carbocycles. The van der Waals surface area contributed by atoms with Gasteiger partial charge in [0.2, 0.25) is 5.91 Å². The second kappa shape index (κ2) is 8.75. The Morgan fingerprint density at radius 3 is 2.32 bits per heavy atom. The Morgan fingerprint density at radius 2 is 1.76 bits per heavy atom. The Kier molecular flexibility index (Phi) is 6.69. The molecular weight excluding hydrogens is 362 g/mol. The van der Waals surface area contributed by atoms with Crippen molar-refractivity contribution in [1.29, 1.82) is 0 Å². The van der Waals surface area contributed by atoms with Crippen LogP contribution in [-0.2, 0) is 11.2 Å². The summed E-state index contributed by atoms with van der Waals surface area (Å²) in [5.41, 5.74) is 2.49. The Labute approximate surface area is 156 Å². The smallest absolute Gasteiger partial charge is 0.336 e. The predicted molar refractivity (Wildman–Crippen MR) is 103 cm³/mol. The first kappa shape index (κ1) is 19.1. The molecule has 0 radical (unpaired) electrons. The Hall–Kier alpha value is -2.22. The number of carbonyl (C=O) groups is 2. The molecule has 3 amide bonds. The van der Waals surface area contributed by atoms with Crippen LogP contribution in [0.2, 0.25) is 5.02 Å². The number of benzene rings is 2. The fourth-order valence-electron chi connectivity index (χ4n) is 2.13. The first-order valence-electron chi connectivity index (χ1n) is 7.47. The number of anilines is 3. The van der Waals surface area contributed by atoms with Crippen LogP contribution in [0.5, 0.6) is 0 Å². The molecule has 0 bridgehead atoms. The van der Waals surface area contributed by atoms with Gasteiger partial charge in [-0.2, -0.15) is 0 Å². The normalized spacial score (nSPS) is 10.2. The number of urea groups is 1. The zero-order valence-corrected chi connectivity index (χ0v) is 15.1. The fourth-order valence-corrected chi connectivity index (χ4v) is 2.59. The van der Waals surface area contributed by atoms with E-state index >= 15 is 0 Å². The van der Waals surface area contributed by atoms with Crippen LogP contribution < -0.4 is 14.9 Å². The zero-order chi connectivity index (χ0) is 18.4. The largest absolute Gasteiger partial charge is 0.396 e. The number of amides is 3. The number of hydrogen-bond acceptors (Lipinski definition) is 4. The molecule has 0 aliphatic rings. The zero-order valence-electron chi connectivity index (χ0n) is 13.5. The van der Waals surface area contributed by atoms with Crippen LogP contribution in [0.3, 0.4) is 0 Å². The molecule has 0 aliphatic heterocycles. The van der Waals surface area contributed by atoms with Crippen molar-refractivity contribution in [2.75, 3.05) is 21.5 Å². The summed E-state index contributed by atoms with van der Waals surface area (Å²) >= 11 is 10.3. The fraction of sp³-hybridized carbons (Fsp3) is 0.176. The maximum absolute atomic E-state index is 12.3. The van der Waals surface area contributed by atoms with Crippen LogP contribution in [-0.4, -0.2) is 23.7 Å². The lowest BCUT2D eigenvalue weighted by Gasteiger charge is -2.17. The molecule has 8 heteroatoms. The summed E-state index contributed by atoms with van der Waals surface area (Å²) in [7, 11) is 0. The van der Waals surface area contributed by atoms with E-state index in [4.69, 9.17) is 16.7 Å². The van der Waals surface area contributed by atoms with Crippen molar-refractivity contribution in [2.24, 2.45) is 0 Å². The van der Waals surface area contributed by atoms with E-state index in [1.807, 2.05) is 0 Å². The van der Waals surface area contributed by atoms with Gasteiger partial charge in [-0.1, -0.05) is 30.5 Å². The topological polar surface area (TPSA) is 81.7 Å². The minimum absolute atomic E-state index is 0.00429. The minimum Gasteiger partial charge on any atom is -0.396 e. The van der Waals surface area contributed by atoms with Crippen LogP contribution >= 0.6 is 24.4 Å². The lowest BCUT2D eigenvalue weighted by molar-refractivity contribution is -0.114. The standard InChI is InChI=1S/C17H18ClN3O3S/c1-11(23)19-13-4-6-15(7-5-13)21(25)17(24)20-14-3-2-12(8-9-22)16(18)10-14/h2-7,10,22,25H,8-9H2,1H3,(H,19,23)(H,20,24). The van der Waals surface area contributed by atoms with Crippen molar-refractivity contribution >= 4 is 53.4 Å². The third kappa shape index (κ3) is 5.38. The molecule has 2 rings (SSSR count). The minimum atomic E-state index is -0.457. The predicted octanol–water partition coefficient (Wildman–Crippen LogP) is 3.72. The molecule has 6 nitrogen and oxygen atoms in total. The van der Waals surface area contributed by atoms with Crippen molar-refractivity contribution < 1.29 is 14.7 Å². The van der Waals surface area contributed by atoms with Crippen molar-refractivity contribution in [2.45, 2.75) is 13.3 Å². The number of carbonyl (C=O) groups excluding carboxylic acids is 2. The third-order valence-electron chi connectivity index (χ3n) is 3.31. The second-order valence-corrected chi connectivity index (χ2v) is 6.06. The van der Waals surface area contributed by atoms with Crippen LogP contribution in [0.1, 0.15) is 12.5 Å². The van der Waals surface area contributed by atoms with E-state index in [2.05, 4.69) is 23.4 Å². The van der Waals surface area contributed by atoms with Crippen LogP contribution in [0.25, 0.3) is 0 Å². The Morgan fingerprint density at radius 1 is 1.12 bits per heavy atom. The highest BCUT2D eigenvalue weighted by Gasteiger charge is 2.13. The first-order valence-corrected chi connectivity index (χ1v) is 8.25. The number of halogens is 1. The van der Waals surface area contributed by atoms with E-state index in [-0.39, 0.29) is 12.5 Å². The summed E-state index contributed by atoms with van der Waals surface area (Å²) < 4.78 is 1.15. The maximum Gasteiger partial charge on any atom is 0.336 e. The molecule has 0 saturated carbocycles. The molecule has 0 saturated heterocycles. The lowest BCUT2D eigenvalue weighted by atomic mass is 10.1. The number of nitrogens with zero attached hydrogens (tertiary/aromatic N) is 1. The molecule has 2 aromatic rings. The summed E-state index contributed by atoms with van der Waals surface area (Å²) in [6.07, 6.45) is 0.451. The van der Waals surface area contributed by atoms with Crippen molar-refractivity contribution in [3.05, 3.63) is 53.1 Å². The van der Waals surface area contributed by atoms with Gasteiger partial charge in [-0.25, -0.2) is 9.10 Å². The summed E-state index contributed by atoms with van der Waals surface area (Å²) in [6, 6.07) is 11.3. The Bertz CT molecular complexity index is 768. The molecule has 0 aliphatic carbocycles. The van der Waals surface area contributed by atoms with Crippen molar-refractivity contribution in [3.8, 4) is 0 Å². The van der Waals surface area contributed by atoms with Gasteiger partial charge in [-0.15, -0.1) is 0 Å². The van der Waals surface area contributed by atoms with Gasteiger partial charge in [-0.3, -0.25) is 4.79 Å². The van der Waals surface area contributed by atoms with E-state index < -0.39 is 6.03 Å². The summed E-state index contributed by atoms with van der Waals surface area (Å²) in [6.45, 7) is 1.42. The number of nitrogens with one attached hydrogen (secondary N) is 2. The molecule has 0 atom stereocenters. The van der Waals surface area contributed by atoms with E-state index in [0.29, 0.717) is 28.5 Å². The summed E-state index contributed by atoms with van der Waals surface area (Å²) in [4.78, 5) is 23.3. The number of rotatable bonds is 5. The van der Waals surface area contributed by atoms with Crippen LogP contribution in [0.4, 0.5) is 21.9 Å². The molecule has 0 heterocycles. The molecule has 0 spiro atoms. The quantitative estimate of drug-likeness (QED) is 0.598. The Balaban J connectivity index is 2.04. The van der Waals surface area contributed by atoms with Gasteiger partial charge in [0.25, 0.3) is 0 Å². The molecule has 0 aromatic heterocycles. The number of hydrogen-bond donors (Lipinski definition) is 4. The van der Waals surface area contributed by atoms with Crippen LogP contribution in [0.15, 0.2) is 42.5 Å². The van der Waals surface area contributed by atoms with Crippen molar-refractivity contribution in [3.63, 3.8) is 0 Å². The highest BCUT2D eigenvalue weighted by molar-refractivity contribution is 7.82. The molecule has 0 unspecified atom stereocenters. The SMILES string of the molecule is CC(=O)Nc1ccc(N(S)C(=O)Nc2ccc(CCO)c(Cl)c2)cc1. The average Bonchev–Trinajstić information content (AvgIpc) is 2.57. The number of aliphatic hydroxyl groups excluding tert-OH is 1.